The molecule has 4 N–H and O–H groups in total. The second-order valence-electron chi connectivity index (χ2n) is 10.3. The molecule has 0 saturated heterocycles. The van der Waals surface area contributed by atoms with E-state index >= 15 is 0 Å². The van der Waals surface area contributed by atoms with Gasteiger partial charge in [0, 0.05) is 24.0 Å². The summed E-state index contributed by atoms with van der Waals surface area (Å²) >= 11 is 0. The molecule has 0 aromatic heterocycles. The highest BCUT2D eigenvalue weighted by atomic mass is 16.3. The summed E-state index contributed by atoms with van der Waals surface area (Å²) in [6.07, 6.45) is 1.55. The molecule has 0 saturated carbocycles. The first-order chi connectivity index (χ1) is 19.6. The van der Waals surface area contributed by atoms with Crippen molar-refractivity contribution in [2.45, 2.75) is 60.8 Å². The first-order valence-electron chi connectivity index (χ1n) is 14.2. The quantitative estimate of drug-likeness (QED) is 0.187. The van der Waals surface area contributed by atoms with Crippen molar-refractivity contribution in [3.8, 4) is 23.0 Å². The van der Waals surface area contributed by atoms with Crippen molar-refractivity contribution < 1.29 is 20.4 Å². The minimum absolute atomic E-state index is 0.461. The second-order valence-corrected chi connectivity index (χ2v) is 10.3. The maximum Gasteiger partial charge on any atom is 0.293 e. The summed E-state index contributed by atoms with van der Waals surface area (Å²) in [6, 6.07) is 15.5. The molecule has 0 fully saturated rings. The number of hydrogen-bond donors (Lipinski definition) is 4. The van der Waals surface area contributed by atoms with Crippen LogP contribution in [0.1, 0.15) is 66.8 Å². The molecule has 4 nitrogen and oxygen atoms in total. The lowest BCUT2D eigenvalue weighted by Gasteiger charge is -2.20. The topological polar surface area (TPSA) is 80.9 Å². The average molecular weight is 501 g/mol. The van der Waals surface area contributed by atoms with Crippen molar-refractivity contribution in [1.82, 2.24) is 0 Å². The number of phenols is 4. The van der Waals surface area contributed by atoms with Crippen molar-refractivity contribution in [3.63, 3.8) is 0 Å². The van der Waals surface area contributed by atoms with Crippen LogP contribution in [0.15, 0.2) is 48.5 Å². The number of rotatable bonds is 10. The van der Waals surface area contributed by atoms with E-state index in [9.17, 15) is 0 Å². The summed E-state index contributed by atoms with van der Waals surface area (Å²) in [5, 5.41) is 20.0. The SMILES string of the molecule is [2H]Oc1ccc(C)cc1Cc1c(C)c(Cc2cc(C)c(O[2H])c(Cc3cc(C)ccc3O[2H])c2C)cc(C)c1O[2H]. The van der Waals surface area contributed by atoms with E-state index in [1.165, 1.54) is 0 Å². The van der Waals surface area contributed by atoms with E-state index in [0.717, 1.165) is 66.8 Å². The summed E-state index contributed by atoms with van der Waals surface area (Å²) in [4.78, 5) is 0. The summed E-state index contributed by atoms with van der Waals surface area (Å²) < 4.78 is 30.6. The Morgan fingerprint density at radius 1 is 0.514 bits per heavy atom. The maximum absolute atomic E-state index is 7.79. The summed E-state index contributed by atoms with van der Waals surface area (Å²) in [7, 11) is 0. The Morgan fingerprint density at radius 3 is 1.32 bits per heavy atom. The Morgan fingerprint density at radius 2 is 0.946 bits per heavy atom. The molecular formula is C33H36O4. The first-order valence-corrected chi connectivity index (χ1v) is 12.6. The molecule has 0 spiro atoms. The van der Waals surface area contributed by atoms with Gasteiger partial charge in [-0.3, -0.25) is 0 Å². The highest BCUT2D eigenvalue weighted by Gasteiger charge is 2.19. The van der Waals surface area contributed by atoms with Crippen LogP contribution in [0.25, 0.3) is 0 Å². The standard InChI is InChI=1S/C33H36O4/c1-18-7-9-30(34)26(11-18)16-28-22(5)24(13-20(3)32(28)36)15-25-14-21(4)33(37)29(23(25)6)17-27-12-19(2)8-10-31(27)35/h7-14,34-37H,15-17H2,1-6H3/i/hD4. The van der Waals surface area contributed by atoms with Gasteiger partial charge in [-0.1, -0.05) is 47.5 Å². The predicted molar refractivity (Wildman–Crippen MR) is 149 cm³/mol. The van der Waals surface area contributed by atoms with Crippen molar-refractivity contribution in [2.75, 3.05) is 0 Å². The predicted octanol–water partition coefficient (Wildman–Crippen LogP) is 7.13. The van der Waals surface area contributed by atoms with Crippen LogP contribution in [0.5, 0.6) is 23.0 Å². The third-order valence-electron chi connectivity index (χ3n) is 7.46. The van der Waals surface area contributed by atoms with Gasteiger partial charge in [0.15, 0.2) is 0 Å². The van der Waals surface area contributed by atoms with E-state index in [2.05, 4.69) is 12.1 Å². The second kappa shape index (κ2) is 10.2. The molecule has 4 heteroatoms. The molecule has 0 aliphatic heterocycles. The Labute approximate surface area is 225 Å². The number of phenolic OH excluding ortho intramolecular Hbond substituents is 4. The van der Waals surface area contributed by atoms with Crippen molar-refractivity contribution in [2.24, 2.45) is 0 Å². The van der Waals surface area contributed by atoms with Gasteiger partial charge in [0.25, 0.3) is 5.72 Å². The van der Waals surface area contributed by atoms with E-state index in [4.69, 9.17) is 26.2 Å². The van der Waals surface area contributed by atoms with Crippen molar-refractivity contribution >= 4 is 0 Å². The minimum atomic E-state index is 0.461. The lowest BCUT2D eigenvalue weighted by Crippen LogP contribution is -2.05. The summed E-state index contributed by atoms with van der Waals surface area (Å²) in [5.41, 5.74) is 11.5. The van der Waals surface area contributed by atoms with Gasteiger partial charge in [-0.25, -0.2) is 0 Å². The number of hydrogen-bond acceptors (Lipinski definition) is 4. The van der Waals surface area contributed by atoms with Gasteiger partial charge >= 0.3 is 0 Å². The van der Waals surface area contributed by atoms with E-state index in [0.29, 0.717) is 42.3 Å². The smallest absolute Gasteiger partial charge is 0.293 e. The number of aryl methyl sites for hydroxylation is 4. The van der Waals surface area contributed by atoms with Gasteiger partial charge in [-0.05, 0) is 105 Å². The molecule has 37 heavy (non-hydrogen) atoms. The normalized spacial score (nSPS) is 12.3. The van der Waals surface area contributed by atoms with Crippen LogP contribution in [0.2, 0.25) is 0 Å². The fourth-order valence-electron chi connectivity index (χ4n) is 5.15. The molecule has 192 valence electrons. The van der Waals surface area contributed by atoms with Gasteiger partial charge in [0.2, 0.25) is 0 Å². The van der Waals surface area contributed by atoms with Gasteiger partial charge in [-0.15, -0.1) is 0 Å². The van der Waals surface area contributed by atoms with Crippen molar-refractivity contribution in [1.29, 1.82) is 5.72 Å². The Bertz CT molecular complexity index is 1470. The lowest BCUT2D eigenvalue weighted by molar-refractivity contribution is 0.459. The van der Waals surface area contributed by atoms with Crippen LogP contribution in [-0.2, 0) is 19.3 Å². The third-order valence-corrected chi connectivity index (χ3v) is 7.46. The Hall–Kier alpha value is -3.92. The monoisotopic (exact) mass is 500 g/mol. The van der Waals surface area contributed by atoms with E-state index < -0.39 is 0 Å². The molecule has 4 rings (SSSR count). The summed E-state index contributed by atoms with van der Waals surface area (Å²) in [6.45, 7) is 12.0. The zero-order valence-corrected chi connectivity index (χ0v) is 22.4. The van der Waals surface area contributed by atoms with Crippen LogP contribution < -0.4 is 0 Å². The van der Waals surface area contributed by atoms with E-state index in [1.54, 1.807) is 12.1 Å². The number of benzene rings is 4. The highest BCUT2D eigenvalue weighted by molar-refractivity contribution is 5.56. The first kappa shape index (κ1) is 21.2. The fraction of sp³-hybridized carbons (Fsp3) is 0.273. The molecular weight excluding hydrogens is 460 g/mol. The van der Waals surface area contributed by atoms with Gasteiger partial charge < -0.3 is 20.4 Å². The third kappa shape index (κ3) is 5.29. The van der Waals surface area contributed by atoms with Gasteiger partial charge in [0.05, 0.1) is 0 Å². The zero-order chi connectivity index (χ0) is 29.8. The van der Waals surface area contributed by atoms with Crippen LogP contribution in [0, 0.1) is 41.5 Å². The molecule has 0 aliphatic rings. The minimum Gasteiger partial charge on any atom is -0.508 e. The molecule has 0 aliphatic carbocycles. The molecule has 0 heterocycles. The molecule has 0 radical (unpaired) electrons. The molecule has 4 aromatic carbocycles. The highest BCUT2D eigenvalue weighted by Crippen LogP contribution is 2.37. The van der Waals surface area contributed by atoms with Gasteiger partial charge in [-0.2, -0.15) is 0 Å². The molecule has 4 aromatic rings. The Balaban J connectivity index is 1.81. The largest absolute Gasteiger partial charge is 0.508 e. The van der Waals surface area contributed by atoms with Gasteiger partial charge in [0.1, 0.15) is 23.0 Å². The zero-order valence-electron chi connectivity index (χ0n) is 26.4. The van der Waals surface area contributed by atoms with E-state index in [-0.39, 0.29) is 0 Å². The van der Waals surface area contributed by atoms with E-state index in [1.807, 2.05) is 65.8 Å². The van der Waals surface area contributed by atoms with Crippen LogP contribution in [-0.4, -0.2) is 26.2 Å². The molecule has 0 atom stereocenters. The maximum atomic E-state index is 7.79. The molecule has 0 unspecified atom stereocenters. The van der Waals surface area contributed by atoms with Crippen LogP contribution in [0.4, 0.5) is 0 Å². The summed E-state index contributed by atoms with van der Waals surface area (Å²) in [5.74, 6) is 1.97. The van der Waals surface area contributed by atoms with Crippen LogP contribution in [0.3, 0.4) is 0 Å². The lowest BCUT2D eigenvalue weighted by atomic mass is 9.86. The Kier molecular flexibility index (Phi) is 5.85. The van der Waals surface area contributed by atoms with Crippen molar-refractivity contribution in [3.05, 3.63) is 115 Å². The average Bonchev–Trinajstić information content (AvgIpc) is 2.94. The van der Waals surface area contributed by atoms with Crippen LogP contribution >= 0.6 is 0 Å². The molecule has 0 amide bonds. The fourth-order valence-corrected chi connectivity index (χ4v) is 5.15. The number of aromatic hydroxyl groups is 4. The molecule has 0 bridgehead atoms.